The molecule has 0 aromatic heterocycles. The van der Waals surface area contributed by atoms with Crippen molar-refractivity contribution in [1.82, 2.24) is 0 Å². The van der Waals surface area contributed by atoms with Crippen LogP contribution >= 0.6 is 11.6 Å². The summed E-state index contributed by atoms with van der Waals surface area (Å²) in [4.78, 5) is 0.248. The van der Waals surface area contributed by atoms with Crippen molar-refractivity contribution in [1.29, 1.82) is 0 Å². The van der Waals surface area contributed by atoms with Crippen LogP contribution in [0.3, 0.4) is 0 Å². The van der Waals surface area contributed by atoms with Crippen molar-refractivity contribution < 1.29 is 12.8 Å². The van der Waals surface area contributed by atoms with Gasteiger partial charge in [-0.3, -0.25) is 4.31 Å². The van der Waals surface area contributed by atoms with Crippen molar-refractivity contribution in [3.05, 3.63) is 88.7 Å². The fraction of sp³-hybridized carbons (Fsp3) is 0.143. The normalized spacial score (nSPS) is 16.1. The van der Waals surface area contributed by atoms with Crippen molar-refractivity contribution in [2.24, 2.45) is 0 Å². The summed E-state index contributed by atoms with van der Waals surface area (Å²) in [5.41, 5.74) is 3.11. The first-order valence-electron chi connectivity index (χ1n) is 8.76. The molecule has 0 radical (unpaired) electrons. The van der Waals surface area contributed by atoms with Crippen LogP contribution in [-0.2, 0) is 10.0 Å². The number of halogens is 2. The van der Waals surface area contributed by atoms with Crippen LogP contribution in [0.5, 0.6) is 0 Å². The van der Waals surface area contributed by atoms with Crippen LogP contribution in [0.4, 0.5) is 15.8 Å². The lowest BCUT2D eigenvalue weighted by molar-refractivity contribution is 0.590. The molecule has 3 aromatic carbocycles. The molecule has 144 valence electrons. The highest BCUT2D eigenvalue weighted by Gasteiger charge is 2.36. The third-order valence-corrected chi connectivity index (χ3v) is 6.88. The second-order valence-electron chi connectivity index (χ2n) is 6.73. The van der Waals surface area contributed by atoms with Crippen molar-refractivity contribution in [2.45, 2.75) is 17.9 Å². The zero-order valence-corrected chi connectivity index (χ0v) is 16.6. The highest BCUT2D eigenvalue weighted by atomic mass is 35.5. The van der Waals surface area contributed by atoms with Crippen LogP contribution in [0.2, 0.25) is 5.02 Å². The molecule has 0 saturated carbocycles. The van der Waals surface area contributed by atoms with Gasteiger partial charge in [-0.15, -0.1) is 0 Å². The predicted octanol–water partition coefficient (Wildman–Crippen LogP) is 5.15. The van der Waals surface area contributed by atoms with Gasteiger partial charge in [-0.05, 0) is 43.3 Å². The topological polar surface area (TPSA) is 49.4 Å². The van der Waals surface area contributed by atoms with Crippen molar-refractivity contribution in [2.75, 3.05) is 16.2 Å². The molecule has 28 heavy (non-hydrogen) atoms. The number of rotatable bonds is 4. The second-order valence-corrected chi connectivity index (χ2v) is 9.00. The third-order valence-electron chi connectivity index (χ3n) is 4.80. The van der Waals surface area contributed by atoms with Crippen molar-refractivity contribution in [3.8, 4) is 0 Å². The van der Waals surface area contributed by atoms with Crippen molar-refractivity contribution in [3.63, 3.8) is 0 Å². The number of fused-ring (bicyclic) bond motifs is 1. The van der Waals surface area contributed by atoms with E-state index in [2.05, 4.69) is 5.32 Å². The van der Waals surface area contributed by atoms with Crippen LogP contribution < -0.4 is 9.62 Å². The Hall–Kier alpha value is -2.57. The highest BCUT2D eigenvalue weighted by molar-refractivity contribution is 7.92. The lowest BCUT2D eigenvalue weighted by atomic mass is 10.1. The Kier molecular flexibility index (Phi) is 4.77. The van der Waals surface area contributed by atoms with Crippen molar-refractivity contribution >= 4 is 33.0 Å². The van der Waals surface area contributed by atoms with E-state index in [1.54, 1.807) is 36.4 Å². The molecule has 7 heteroatoms. The zero-order valence-electron chi connectivity index (χ0n) is 15.1. The minimum atomic E-state index is -3.70. The molecule has 0 spiro atoms. The molecule has 1 aliphatic heterocycles. The summed E-state index contributed by atoms with van der Waals surface area (Å²) in [6, 6.07) is 18.3. The summed E-state index contributed by atoms with van der Waals surface area (Å²) in [6.07, 6.45) is 0. The molecule has 0 aliphatic carbocycles. The maximum atomic E-state index is 13.4. The van der Waals surface area contributed by atoms with Gasteiger partial charge < -0.3 is 5.32 Å². The summed E-state index contributed by atoms with van der Waals surface area (Å²) in [5, 5.41) is 3.28. The van der Waals surface area contributed by atoms with E-state index in [-0.39, 0.29) is 22.5 Å². The maximum absolute atomic E-state index is 13.4. The fourth-order valence-electron chi connectivity index (χ4n) is 3.35. The first kappa shape index (κ1) is 18.8. The van der Waals surface area contributed by atoms with E-state index < -0.39 is 15.8 Å². The van der Waals surface area contributed by atoms with E-state index in [1.807, 2.05) is 25.1 Å². The largest absolute Gasteiger partial charge is 0.376 e. The van der Waals surface area contributed by atoms with Gasteiger partial charge in [-0.2, -0.15) is 0 Å². The molecule has 0 amide bonds. The molecule has 0 unspecified atom stereocenters. The molecule has 0 bridgehead atoms. The van der Waals surface area contributed by atoms with Gasteiger partial charge in [0, 0.05) is 11.3 Å². The van der Waals surface area contributed by atoms with Gasteiger partial charge in [0.25, 0.3) is 10.0 Å². The van der Waals surface area contributed by atoms with Gasteiger partial charge in [0.15, 0.2) is 0 Å². The van der Waals surface area contributed by atoms with Gasteiger partial charge in [-0.25, -0.2) is 12.8 Å². The molecule has 1 atom stereocenters. The molecular formula is C21H18ClFN2O2S. The first-order valence-corrected chi connectivity index (χ1v) is 10.6. The average molecular weight is 417 g/mol. The highest BCUT2D eigenvalue weighted by Crippen LogP contribution is 2.40. The van der Waals surface area contributed by atoms with E-state index in [9.17, 15) is 12.8 Å². The minimum Gasteiger partial charge on any atom is -0.376 e. The SMILES string of the molecule is Cc1ccc(S(=O)(=O)N2C[C@@H](Nc3ccc(F)c(Cl)c3)c3ccccc32)cc1. The second kappa shape index (κ2) is 7.11. The van der Waals surface area contributed by atoms with Gasteiger partial charge in [0.05, 0.1) is 28.2 Å². The van der Waals surface area contributed by atoms with Gasteiger partial charge in [-0.1, -0.05) is 47.5 Å². The van der Waals surface area contributed by atoms with Crippen LogP contribution in [0.25, 0.3) is 0 Å². The first-order chi connectivity index (χ1) is 13.4. The van der Waals surface area contributed by atoms with E-state index in [4.69, 9.17) is 11.6 Å². The number of nitrogens with zero attached hydrogens (tertiary/aromatic N) is 1. The lowest BCUT2D eigenvalue weighted by Gasteiger charge is -2.20. The fourth-order valence-corrected chi connectivity index (χ4v) is 5.03. The Labute approximate surface area is 168 Å². The predicted molar refractivity (Wildman–Crippen MR) is 110 cm³/mol. The number of sulfonamides is 1. The average Bonchev–Trinajstić information content (AvgIpc) is 3.05. The van der Waals surface area contributed by atoms with Gasteiger partial charge in [0.1, 0.15) is 5.82 Å². The Bertz CT molecular complexity index is 1130. The quantitative estimate of drug-likeness (QED) is 0.639. The summed E-state index contributed by atoms with van der Waals surface area (Å²) in [6.45, 7) is 2.14. The Balaban J connectivity index is 1.69. The standard InChI is InChI=1S/C21H18ClFN2O2S/c1-14-6-9-16(10-7-14)28(26,27)25-13-20(17-4-2-3-5-21(17)25)24-15-8-11-19(23)18(22)12-15/h2-12,20,24H,13H2,1H3/t20-/m1/s1. The molecule has 0 saturated heterocycles. The van der Waals surface area contributed by atoms with E-state index in [0.717, 1.165) is 11.1 Å². The van der Waals surface area contributed by atoms with E-state index in [1.165, 1.54) is 16.4 Å². The number of anilines is 2. The number of aryl methyl sites for hydroxylation is 1. The number of hydrogen-bond acceptors (Lipinski definition) is 3. The Morgan fingerprint density at radius 1 is 1.07 bits per heavy atom. The molecule has 0 fully saturated rings. The summed E-state index contributed by atoms with van der Waals surface area (Å²) < 4.78 is 41.3. The van der Waals surface area contributed by atoms with Crippen LogP contribution in [0.1, 0.15) is 17.2 Å². The van der Waals surface area contributed by atoms with Gasteiger partial charge >= 0.3 is 0 Å². The third kappa shape index (κ3) is 3.34. The maximum Gasteiger partial charge on any atom is 0.264 e. The monoisotopic (exact) mass is 416 g/mol. The molecule has 1 heterocycles. The number of hydrogen-bond donors (Lipinski definition) is 1. The minimum absolute atomic E-state index is 0.0143. The Morgan fingerprint density at radius 3 is 2.50 bits per heavy atom. The van der Waals surface area contributed by atoms with Gasteiger partial charge in [0.2, 0.25) is 0 Å². The summed E-state index contributed by atoms with van der Waals surface area (Å²) in [7, 11) is -3.70. The molecule has 4 nitrogen and oxygen atoms in total. The zero-order chi connectivity index (χ0) is 19.9. The number of para-hydroxylation sites is 1. The smallest absolute Gasteiger partial charge is 0.264 e. The van der Waals surface area contributed by atoms with E-state index in [0.29, 0.717) is 11.4 Å². The Morgan fingerprint density at radius 2 is 1.79 bits per heavy atom. The number of benzene rings is 3. The summed E-state index contributed by atoms with van der Waals surface area (Å²) >= 11 is 5.87. The van der Waals surface area contributed by atoms with Crippen LogP contribution in [0.15, 0.2) is 71.6 Å². The lowest BCUT2D eigenvalue weighted by Crippen LogP contribution is -2.31. The van der Waals surface area contributed by atoms with E-state index >= 15 is 0 Å². The molecule has 1 N–H and O–H groups in total. The molecule has 1 aliphatic rings. The molecule has 3 aromatic rings. The molecule has 4 rings (SSSR count). The van der Waals surface area contributed by atoms with Crippen LogP contribution in [0, 0.1) is 12.7 Å². The summed E-state index contributed by atoms with van der Waals surface area (Å²) in [5.74, 6) is -0.498. The number of nitrogens with one attached hydrogen (secondary N) is 1. The van der Waals surface area contributed by atoms with Crippen LogP contribution in [-0.4, -0.2) is 15.0 Å². The molecular weight excluding hydrogens is 399 g/mol.